The second-order valence-electron chi connectivity index (χ2n) is 8.12. The fraction of sp³-hybridized carbons (Fsp3) is 0.591. The Morgan fingerprint density at radius 2 is 1.81 bits per heavy atom. The number of likely N-dealkylation sites (tertiary alicyclic amines) is 1. The van der Waals surface area contributed by atoms with Gasteiger partial charge in [0.15, 0.2) is 0 Å². The van der Waals surface area contributed by atoms with Crippen molar-refractivity contribution in [3.63, 3.8) is 0 Å². The highest BCUT2D eigenvalue weighted by Gasteiger charge is 2.37. The maximum atomic E-state index is 12.6. The van der Waals surface area contributed by atoms with Crippen molar-refractivity contribution in [3.8, 4) is 11.8 Å². The summed E-state index contributed by atoms with van der Waals surface area (Å²) in [5.41, 5.74) is 0.918. The van der Waals surface area contributed by atoms with Crippen LogP contribution in [-0.2, 0) is 4.79 Å². The fourth-order valence-corrected chi connectivity index (χ4v) is 4.04. The molecule has 0 aromatic carbocycles. The molecule has 2 heterocycles. The van der Waals surface area contributed by atoms with Gasteiger partial charge in [-0.25, -0.2) is 0 Å². The maximum Gasteiger partial charge on any atom is 0.255 e. The Kier molecular flexibility index (Phi) is 5.15. The molecule has 0 unspecified atom stereocenters. The molecule has 3 aliphatic rings. The lowest BCUT2D eigenvalue weighted by Gasteiger charge is -2.33. The van der Waals surface area contributed by atoms with E-state index < -0.39 is 5.54 Å². The lowest BCUT2D eigenvalue weighted by atomic mass is 9.81. The molecular formula is C22H27N3O2. The molecule has 0 atom stereocenters. The highest BCUT2D eigenvalue weighted by molar-refractivity contribution is 5.94. The van der Waals surface area contributed by atoms with Crippen molar-refractivity contribution < 1.29 is 9.59 Å². The number of aromatic nitrogens is 1. The van der Waals surface area contributed by atoms with Crippen LogP contribution in [0.2, 0.25) is 0 Å². The minimum absolute atomic E-state index is 0.0399. The third-order valence-corrected chi connectivity index (χ3v) is 5.84. The lowest BCUT2D eigenvalue weighted by Crippen LogP contribution is -2.49. The van der Waals surface area contributed by atoms with Crippen molar-refractivity contribution in [2.24, 2.45) is 5.92 Å². The van der Waals surface area contributed by atoms with Crippen LogP contribution in [-0.4, -0.2) is 40.3 Å². The summed E-state index contributed by atoms with van der Waals surface area (Å²) in [4.78, 5) is 31.0. The Bertz CT molecular complexity index is 776. The van der Waals surface area contributed by atoms with Crippen LogP contribution in [0, 0.1) is 17.8 Å². The molecular weight excluding hydrogens is 338 g/mol. The van der Waals surface area contributed by atoms with Gasteiger partial charge in [-0.1, -0.05) is 31.1 Å². The topological polar surface area (TPSA) is 62.3 Å². The number of pyridine rings is 1. The van der Waals surface area contributed by atoms with E-state index in [4.69, 9.17) is 0 Å². The van der Waals surface area contributed by atoms with Crippen molar-refractivity contribution in [2.45, 2.75) is 63.3 Å². The summed E-state index contributed by atoms with van der Waals surface area (Å²) in [5, 5.41) is 3.24. The summed E-state index contributed by atoms with van der Waals surface area (Å²) in [6.45, 7) is 1.65. The molecule has 142 valence electrons. The SMILES string of the molecule is O=C(NC1(C#Cc2cncc(C(=O)N3CCCC3)c2)CCCCC1)C1CC1. The summed E-state index contributed by atoms with van der Waals surface area (Å²) in [6.07, 6.45) is 12.6. The van der Waals surface area contributed by atoms with Gasteiger partial charge in [-0.3, -0.25) is 14.6 Å². The fourth-order valence-electron chi connectivity index (χ4n) is 4.04. The Morgan fingerprint density at radius 3 is 2.52 bits per heavy atom. The largest absolute Gasteiger partial charge is 0.340 e. The summed E-state index contributed by atoms with van der Waals surface area (Å²) in [5.74, 6) is 6.94. The molecule has 0 radical (unpaired) electrons. The Morgan fingerprint density at radius 1 is 1.07 bits per heavy atom. The van der Waals surface area contributed by atoms with E-state index >= 15 is 0 Å². The van der Waals surface area contributed by atoms with E-state index in [1.807, 2.05) is 11.0 Å². The zero-order valence-corrected chi connectivity index (χ0v) is 15.8. The maximum absolute atomic E-state index is 12.6. The van der Waals surface area contributed by atoms with Gasteiger partial charge in [0.1, 0.15) is 5.54 Å². The third kappa shape index (κ3) is 4.32. The van der Waals surface area contributed by atoms with Gasteiger partial charge in [-0.05, 0) is 44.6 Å². The van der Waals surface area contributed by atoms with E-state index in [1.165, 1.54) is 6.42 Å². The highest BCUT2D eigenvalue weighted by atomic mass is 16.2. The van der Waals surface area contributed by atoms with E-state index in [0.717, 1.165) is 70.0 Å². The van der Waals surface area contributed by atoms with Gasteiger partial charge >= 0.3 is 0 Å². The summed E-state index contributed by atoms with van der Waals surface area (Å²) >= 11 is 0. The van der Waals surface area contributed by atoms with Crippen LogP contribution < -0.4 is 5.32 Å². The number of hydrogen-bond acceptors (Lipinski definition) is 3. The van der Waals surface area contributed by atoms with Gasteiger partial charge in [0.25, 0.3) is 5.91 Å². The first-order chi connectivity index (χ1) is 13.2. The number of carbonyl (C=O) groups excluding carboxylic acids is 2. The van der Waals surface area contributed by atoms with Crippen molar-refractivity contribution in [1.82, 2.24) is 15.2 Å². The number of rotatable bonds is 3. The quantitative estimate of drug-likeness (QED) is 0.838. The molecule has 2 amide bonds. The predicted molar refractivity (Wildman–Crippen MR) is 103 cm³/mol. The molecule has 5 heteroatoms. The Hall–Kier alpha value is -2.35. The molecule has 2 aliphatic carbocycles. The molecule has 0 spiro atoms. The normalized spacial score (nSPS) is 21.3. The van der Waals surface area contributed by atoms with Crippen LogP contribution in [0.3, 0.4) is 0 Å². The number of carbonyl (C=O) groups is 2. The number of hydrogen-bond donors (Lipinski definition) is 1. The minimum atomic E-state index is -0.424. The second kappa shape index (κ2) is 7.72. The molecule has 1 aromatic rings. The molecule has 1 saturated heterocycles. The van der Waals surface area contributed by atoms with E-state index in [-0.39, 0.29) is 17.7 Å². The molecule has 5 nitrogen and oxygen atoms in total. The van der Waals surface area contributed by atoms with Crippen LogP contribution in [0.5, 0.6) is 0 Å². The Balaban J connectivity index is 1.52. The number of amides is 2. The van der Waals surface area contributed by atoms with Crippen molar-refractivity contribution in [3.05, 3.63) is 29.6 Å². The van der Waals surface area contributed by atoms with Crippen LogP contribution in [0.25, 0.3) is 0 Å². The van der Waals surface area contributed by atoms with Gasteiger partial charge in [-0.15, -0.1) is 0 Å². The molecule has 1 aromatic heterocycles. The third-order valence-electron chi connectivity index (χ3n) is 5.84. The first kappa shape index (κ1) is 18.0. The van der Waals surface area contributed by atoms with Gasteiger partial charge in [0.05, 0.1) is 5.56 Å². The van der Waals surface area contributed by atoms with Crippen molar-refractivity contribution in [2.75, 3.05) is 13.1 Å². The van der Waals surface area contributed by atoms with E-state index in [0.29, 0.717) is 5.56 Å². The van der Waals surface area contributed by atoms with E-state index in [9.17, 15) is 9.59 Å². The summed E-state index contributed by atoms with van der Waals surface area (Å²) in [7, 11) is 0. The van der Waals surface area contributed by atoms with Gasteiger partial charge in [0, 0.05) is 37.0 Å². The standard InChI is InChI=1S/C22H27N3O2/c26-20(18-6-7-18)24-22(9-2-1-3-10-22)11-8-17-14-19(16-23-15-17)21(27)25-12-4-5-13-25/h14-16,18H,1-7,9-10,12-13H2,(H,24,26). The second-order valence-corrected chi connectivity index (χ2v) is 8.12. The summed E-state index contributed by atoms with van der Waals surface area (Å²) in [6, 6.07) is 1.83. The van der Waals surface area contributed by atoms with Crippen LogP contribution in [0.1, 0.15) is 73.7 Å². The van der Waals surface area contributed by atoms with Gasteiger partial charge < -0.3 is 10.2 Å². The first-order valence-electron chi connectivity index (χ1n) is 10.2. The van der Waals surface area contributed by atoms with Crippen LogP contribution in [0.15, 0.2) is 18.5 Å². The van der Waals surface area contributed by atoms with Gasteiger partial charge in [0.2, 0.25) is 5.91 Å². The minimum Gasteiger partial charge on any atom is -0.340 e. The summed E-state index contributed by atoms with van der Waals surface area (Å²) < 4.78 is 0. The molecule has 4 rings (SSSR count). The predicted octanol–water partition coefficient (Wildman–Crippen LogP) is 2.90. The first-order valence-corrected chi connectivity index (χ1v) is 10.2. The van der Waals surface area contributed by atoms with Gasteiger partial charge in [-0.2, -0.15) is 0 Å². The van der Waals surface area contributed by atoms with E-state index in [1.54, 1.807) is 12.4 Å². The van der Waals surface area contributed by atoms with Crippen molar-refractivity contribution >= 4 is 11.8 Å². The average molecular weight is 365 g/mol. The van der Waals surface area contributed by atoms with Crippen LogP contribution in [0.4, 0.5) is 0 Å². The number of nitrogens with one attached hydrogen (secondary N) is 1. The highest BCUT2D eigenvalue weighted by Crippen LogP contribution is 2.33. The zero-order valence-electron chi connectivity index (χ0n) is 15.8. The smallest absolute Gasteiger partial charge is 0.255 e. The Labute approximate surface area is 160 Å². The molecule has 1 N–H and O–H groups in total. The number of nitrogens with zero attached hydrogens (tertiary/aromatic N) is 2. The molecule has 3 fully saturated rings. The van der Waals surface area contributed by atoms with Crippen LogP contribution >= 0.6 is 0 Å². The molecule has 0 bridgehead atoms. The zero-order chi connectivity index (χ0) is 18.7. The molecule has 2 saturated carbocycles. The lowest BCUT2D eigenvalue weighted by molar-refractivity contribution is -0.123. The average Bonchev–Trinajstić information content (AvgIpc) is 3.42. The van der Waals surface area contributed by atoms with Crippen molar-refractivity contribution in [1.29, 1.82) is 0 Å². The monoisotopic (exact) mass is 365 g/mol. The molecule has 27 heavy (non-hydrogen) atoms. The molecule has 1 aliphatic heterocycles. The van der Waals surface area contributed by atoms with E-state index in [2.05, 4.69) is 22.1 Å².